The van der Waals surface area contributed by atoms with Gasteiger partial charge >= 0.3 is 0 Å². The van der Waals surface area contributed by atoms with Crippen LogP contribution in [0.3, 0.4) is 0 Å². The van der Waals surface area contributed by atoms with E-state index in [1.807, 2.05) is 17.0 Å². The standard InChI is InChI=1S/C19H21N3O2/c1-12-4-2-3-5-15(12)18-16-10-20-8-14(16)11-22(18)19(24)13-6-7-17(23)21-9-13/h2-7,9,14,16,18,20H,8,10-11H2,1H3,(H,21,23)/t14-,16-,18-/m0/s1. The molecular formula is C19H21N3O2. The van der Waals surface area contributed by atoms with E-state index in [2.05, 4.69) is 29.4 Å². The molecule has 24 heavy (non-hydrogen) atoms. The van der Waals surface area contributed by atoms with Crippen molar-refractivity contribution in [3.8, 4) is 0 Å². The van der Waals surface area contributed by atoms with Crippen molar-refractivity contribution in [3.05, 3.63) is 69.6 Å². The molecular weight excluding hydrogens is 302 g/mol. The third kappa shape index (κ3) is 2.45. The molecule has 2 aliphatic heterocycles. The minimum absolute atomic E-state index is 0.00565. The monoisotopic (exact) mass is 323 g/mol. The van der Waals surface area contributed by atoms with Crippen molar-refractivity contribution >= 4 is 5.91 Å². The zero-order chi connectivity index (χ0) is 16.7. The average Bonchev–Trinajstić information content (AvgIpc) is 3.16. The second-order valence-corrected chi connectivity index (χ2v) is 6.78. The van der Waals surface area contributed by atoms with Crippen LogP contribution in [0.2, 0.25) is 0 Å². The van der Waals surface area contributed by atoms with Gasteiger partial charge < -0.3 is 15.2 Å². The molecule has 1 amide bonds. The van der Waals surface area contributed by atoms with Gasteiger partial charge in [-0.3, -0.25) is 9.59 Å². The molecule has 2 saturated heterocycles. The Bertz CT molecular complexity index is 809. The first kappa shape index (κ1) is 15.1. The van der Waals surface area contributed by atoms with E-state index in [-0.39, 0.29) is 17.5 Å². The third-order valence-corrected chi connectivity index (χ3v) is 5.36. The van der Waals surface area contributed by atoms with Crippen LogP contribution in [0.5, 0.6) is 0 Å². The van der Waals surface area contributed by atoms with Crippen molar-refractivity contribution in [1.29, 1.82) is 0 Å². The summed E-state index contributed by atoms with van der Waals surface area (Å²) in [5, 5.41) is 3.46. The minimum atomic E-state index is -0.190. The highest BCUT2D eigenvalue weighted by Crippen LogP contribution is 2.44. The molecule has 124 valence electrons. The lowest BCUT2D eigenvalue weighted by Gasteiger charge is -2.29. The Labute approximate surface area is 140 Å². The quantitative estimate of drug-likeness (QED) is 0.884. The van der Waals surface area contributed by atoms with Gasteiger partial charge in [-0.1, -0.05) is 24.3 Å². The first-order valence-electron chi connectivity index (χ1n) is 8.41. The molecule has 0 bridgehead atoms. The predicted octanol–water partition coefficient (Wildman–Crippen LogP) is 1.72. The van der Waals surface area contributed by atoms with Crippen molar-refractivity contribution in [3.63, 3.8) is 0 Å². The summed E-state index contributed by atoms with van der Waals surface area (Å²) in [6.45, 7) is 4.77. The van der Waals surface area contributed by atoms with Gasteiger partial charge in [0, 0.05) is 37.8 Å². The van der Waals surface area contributed by atoms with Gasteiger partial charge in [0.25, 0.3) is 5.91 Å². The fraction of sp³-hybridized carbons (Fsp3) is 0.368. The van der Waals surface area contributed by atoms with Crippen LogP contribution in [0.15, 0.2) is 47.4 Å². The van der Waals surface area contributed by atoms with Crippen LogP contribution in [0.25, 0.3) is 0 Å². The lowest BCUT2D eigenvalue weighted by molar-refractivity contribution is 0.0713. The fourth-order valence-electron chi connectivity index (χ4n) is 4.16. The molecule has 0 unspecified atom stereocenters. The molecule has 3 heterocycles. The number of carbonyl (C=O) groups is 1. The summed E-state index contributed by atoms with van der Waals surface area (Å²) in [4.78, 5) is 28.9. The summed E-state index contributed by atoms with van der Waals surface area (Å²) in [6.07, 6.45) is 1.52. The van der Waals surface area contributed by atoms with Gasteiger partial charge in [0.2, 0.25) is 5.56 Å². The number of fused-ring (bicyclic) bond motifs is 1. The van der Waals surface area contributed by atoms with Crippen LogP contribution in [0.4, 0.5) is 0 Å². The van der Waals surface area contributed by atoms with E-state index in [0.29, 0.717) is 17.4 Å². The van der Waals surface area contributed by atoms with Crippen molar-refractivity contribution < 1.29 is 4.79 Å². The molecule has 5 heteroatoms. The summed E-state index contributed by atoms with van der Waals surface area (Å²) in [6, 6.07) is 11.4. The number of benzene rings is 1. The molecule has 2 fully saturated rings. The van der Waals surface area contributed by atoms with Crippen molar-refractivity contribution in [2.24, 2.45) is 11.8 Å². The van der Waals surface area contributed by atoms with E-state index in [0.717, 1.165) is 19.6 Å². The molecule has 0 aliphatic carbocycles. The number of likely N-dealkylation sites (tertiary alicyclic amines) is 1. The Morgan fingerprint density at radius 3 is 2.75 bits per heavy atom. The minimum Gasteiger partial charge on any atom is -0.331 e. The molecule has 1 aromatic carbocycles. The average molecular weight is 323 g/mol. The Morgan fingerprint density at radius 2 is 2.00 bits per heavy atom. The lowest BCUT2D eigenvalue weighted by atomic mass is 9.87. The molecule has 2 N–H and O–H groups in total. The number of aryl methyl sites for hydroxylation is 1. The summed E-state index contributed by atoms with van der Waals surface area (Å²) in [5.74, 6) is 0.924. The van der Waals surface area contributed by atoms with Gasteiger partial charge in [-0.2, -0.15) is 0 Å². The van der Waals surface area contributed by atoms with Crippen LogP contribution in [0.1, 0.15) is 27.5 Å². The second-order valence-electron chi connectivity index (χ2n) is 6.78. The van der Waals surface area contributed by atoms with E-state index < -0.39 is 0 Å². The Balaban J connectivity index is 1.73. The van der Waals surface area contributed by atoms with Crippen LogP contribution in [-0.4, -0.2) is 35.4 Å². The largest absolute Gasteiger partial charge is 0.331 e. The van der Waals surface area contributed by atoms with Gasteiger partial charge in [-0.25, -0.2) is 0 Å². The summed E-state index contributed by atoms with van der Waals surface area (Å²) >= 11 is 0. The maximum absolute atomic E-state index is 13.1. The summed E-state index contributed by atoms with van der Waals surface area (Å²) in [5.41, 5.74) is 2.80. The second kappa shape index (κ2) is 5.91. The summed E-state index contributed by atoms with van der Waals surface area (Å²) < 4.78 is 0. The van der Waals surface area contributed by atoms with Gasteiger partial charge in [-0.15, -0.1) is 0 Å². The molecule has 2 aliphatic rings. The van der Waals surface area contributed by atoms with Crippen LogP contribution in [-0.2, 0) is 0 Å². The van der Waals surface area contributed by atoms with Gasteiger partial charge in [0.05, 0.1) is 11.6 Å². The van der Waals surface area contributed by atoms with Crippen molar-refractivity contribution in [2.45, 2.75) is 13.0 Å². The molecule has 0 radical (unpaired) electrons. The zero-order valence-electron chi connectivity index (χ0n) is 13.7. The number of aromatic amines is 1. The van der Waals surface area contributed by atoms with E-state index in [4.69, 9.17) is 0 Å². The number of rotatable bonds is 2. The van der Waals surface area contributed by atoms with Gasteiger partial charge in [0.15, 0.2) is 0 Å². The van der Waals surface area contributed by atoms with Gasteiger partial charge in [-0.05, 0) is 30.0 Å². The first-order valence-corrected chi connectivity index (χ1v) is 8.41. The number of pyridine rings is 1. The summed E-state index contributed by atoms with van der Waals surface area (Å²) in [7, 11) is 0. The highest BCUT2D eigenvalue weighted by atomic mass is 16.2. The molecule has 5 nitrogen and oxygen atoms in total. The molecule has 4 rings (SSSR count). The van der Waals surface area contributed by atoms with E-state index >= 15 is 0 Å². The number of hydrogen-bond donors (Lipinski definition) is 2. The number of H-pyrrole nitrogens is 1. The SMILES string of the molecule is Cc1ccccc1[C@H]1[C@H]2CNC[C@H]2CN1C(=O)c1ccc(=O)[nH]c1. The molecule has 1 aromatic heterocycles. The highest BCUT2D eigenvalue weighted by Gasteiger charge is 2.47. The van der Waals surface area contributed by atoms with E-state index in [1.54, 1.807) is 6.07 Å². The Hall–Kier alpha value is -2.40. The maximum atomic E-state index is 13.1. The smallest absolute Gasteiger partial charge is 0.255 e. The number of amides is 1. The number of nitrogens with one attached hydrogen (secondary N) is 2. The van der Waals surface area contributed by atoms with Crippen molar-refractivity contribution in [2.75, 3.05) is 19.6 Å². The highest BCUT2D eigenvalue weighted by molar-refractivity contribution is 5.94. The van der Waals surface area contributed by atoms with E-state index in [9.17, 15) is 9.59 Å². The van der Waals surface area contributed by atoms with Crippen LogP contribution in [0, 0.1) is 18.8 Å². The number of carbonyl (C=O) groups excluding carboxylic acids is 1. The molecule has 2 aromatic rings. The van der Waals surface area contributed by atoms with Gasteiger partial charge in [0.1, 0.15) is 0 Å². The molecule has 0 spiro atoms. The number of nitrogens with zero attached hydrogens (tertiary/aromatic N) is 1. The van der Waals surface area contributed by atoms with Crippen LogP contribution >= 0.6 is 0 Å². The first-order chi connectivity index (χ1) is 11.6. The Kier molecular flexibility index (Phi) is 3.73. The maximum Gasteiger partial charge on any atom is 0.255 e. The zero-order valence-corrected chi connectivity index (χ0v) is 13.7. The third-order valence-electron chi connectivity index (χ3n) is 5.36. The lowest BCUT2D eigenvalue weighted by Crippen LogP contribution is -2.35. The molecule has 0 saturated carbocycles. The van der Waals surface area contributed by atoms with Crippen LogP contribution < -0.4 is 10.9 Å². The topological polar surface area (TPSA) is 65.2 Å². The van der Waals surface area contributed by atoms with Crippen molar-refractivity contribution in [1.82, 2.24) is 15.2 Å². The van der Waals surface area contributed by atoms with E-state index in [1.165, 1.54) is 23.4 Å². The normalized spacial score (nSPS) is 25.7. The fourth-order valence-corrected chi connectivity index (χ4v) is 4.16. The Morgan fingerprint density at radius 1 is 1.17 bits per heavy atom. The predicted molar refractivity (Wildman–Crippen MR) is 91.9 cm³/mol. The number of aromatic nitrogens is 1. The number of hydrogen-bond acceptors (Lipinski definition) is 3. The molecule has 3 atom stereocenters.